The maximum atomic E-state index is 12.8. The minimum atomic E-state index is -1.25. The maximum Gasteiger partial charge on any atom is 0.410 e. The summed E-state index contributed by atoms with van der Waals surface area (Å²) < 4.78 is 10.5. The van der Waals surface area contributed by atoms with Crippen LogP contribution in [0.15, 0.2) is 24.3 Å². The first-order valence-corrected chi connectivity index (χ1v) is 9.57. The van der Waals surface area contributed by atoms with Gasteiger partial charge in [0, 0.05) is 5.92 Å². The molecule has 0 spiro atoms. The third-order valence-corrected chi connectivity index (χ3v) is 5.65. The van der Waals surface area contributed by atoms with Crippen LogP contribution < -0.4 is 0 Å². The fourth-order valence-electron chi connectivity index (χ4n) is 4.43. The minimum Gasteiger partial charge on any atom is -0.469 e. The number of carbonyl (C=O) groups is 2. The van der Waals surface area contributed by atoms with Crippen LogP contribution in [-0.4, -0.2) is 64.2 Å². The van der Waals surface area contributed by atoms with Crippen molar-refractivity contribution in [2.24, 2.45) is 5.92 Å². The summed E-state index contributed by atoms with van der Waals surface area (Å²) in [6.07, 6.45) is -2.72. The summed E-state index contributed by atoms with van der Waals surface area (Å²) in [5.41, 5.74) is 1.27. The predicted octanol–water partition coefficient (Wildman–Crippen LogP) is 1.98. The Hall–Kier alpha value is -2.12. The summed E-state index contributed by atoms with van der Waals surface area (Å²) in [6.45, 7) is 7.22. The molecule has 2 bridgehead atoms. The fraction of sp³-hybridized carbons (Fsp3) is 0.619. The average molecular weight is 391 g/mol. The van der Waals surface area contributed by atoms with Crippen LogP contribution in [0.5, 0.6) is 0 Å². The number of esters is 1. The molecular formula is C21H29NO6. The highest BCUT2D eigenvalue weighted by Gasteiger charge is 2.61. The van der Waals surface area contributed by atoms with Crippen LogP contribution >= 0.6 is 0 Å². The number of aliphatic hydroxyl groups is 2. The monoisotopic (exact) mass is 391 g/mol. The standard InChI is InChI=1S/C21H29NO6/c1-11-6-8-12(9-7-11)13-10-14-17(23)18(24)16(15(13)19(25)27-5)22(14)20(26)28-21(2,3)4/h6-9,13-18,23-24H,10H2,1-5H3/t13-,14+,15+,16+,17+,18+/m0/s1. The van der Waals surface area contributed by atoms with Crippen molar-refractivity contribution in [1.82, 2.24) is 4.90 Å². The summed E-state index contributed by atoms with van der Waals surface area (Å²) >= 11 is 0. The lowest BCUT2D eigenvalue weighted by Gasteiger charge is -2.43. The third-order valence-electron chi connectivity index (χ3n) is 5.65. The van der Waals surface area contributed by atoms with Crippen LogP contribution in [0, 0.1) is 12.8 Å². The largest absolute Gasteiger partial charge is 0.469 e. The number of piperidine rings is 1. The van der Waals surface area contributed by atoms with Gasteiger partial charge in [-0.1, -0.05) is 29.8 Å². The van der Waals surface area contributed by atoms with Gasteiger partial charge in [-0.15, -0.1) is 0 Å². The molecule has 6 atom stereocenters. The van der Waals surface area contributed by atoms with Gasteiger partial charge in [0.05, 0.1) is 25.1 Å². The van der Waals surface area contributed by atoms with Gasteiger partial charge in [-0.25, -0.2) is 4.79 Å². The van der Waals surface area contributed by atoms with Crippen LogP contribution in [-0.2, 0) is 14.3 Å². The van der Waals surface area contributed by atoms with Gasteiger partial charge >= 0.3 is 12.1 Å². The molecule has 3 rings (SSSR count). The van der Waals surface area contributed by atoms with Crippen molar-refractivity contribution in [3.8, 4) is 0 Å². The number of hydrogen-bond donors (Lipinski definition) is 2. The first kappa shape index (κ1) is 20.6. The molecule has 154 valence electrons. The van der Waals surface area contributed by atoms with Crippen molar-refractivity contribution >= 4 is 12.1 Å². The van der Waals surface area contributed by atoms with E-state index >= 15 is 0 Å². The summed E-state index contributed by atoms with van der Waals surface area (Å²) in [7, 11) is 1.29. The van der Waals surface area contributed by atoms with Gasteiger partial charge in [0.1, 0.15) is 17.8 Å². The van der Waals surface area contributed by atoms with E-state index in [9.17, 15) is 19.8 Å². The lowest BCUT2D eigenvalue weighted by Crippen LogP contribution is -2.56. The molecule has 0 saturated carbocycles. The molecule has 2 fully saturated rings. The van der Waals surface area contributed by atoms with Crippen LogP contribution in [0.25, 0.3) is 0 Å². The lowest BCUT2D eigenvalue weighted by atomic mass is 9.75. The molecule has 2 aliphatic rings. The Balaban J connectivity index is 2.02. The highest BCUT2D eigenvalue weighted by atomic mass is 16.6. The number of amides is 1. The minimum absolute atomic E-state index is 0.284. The predicted molar refractivity (Wildman–Crippen MR) is 102 cm³/mol. The van der Waals surface area contributed by atoms with E-state index in [0.717, 1.165) is 11.1 Å². The number of aliphatic hydroxyl groups excluding tert-OH is 2. The molecule has 7 nitrogen and oxygen atoms in total. The van der Waals surface area contributed by atoms with E-state index in [0.29, 0.717) is 6.42 Å². The Morgan fingerprint density at radius 2 is 1.71 bits per heavy atom. The van der Waals surface area contributed by atoms with Crippen molar-refractivity contribution in [3.05, 3.63) is 35.4 Å². The Bertz CT molecular complexity index is 740. The first-order valence-electron chi connectivity index (χ1n) is 9.57. The molecule has 0 unspecified atom stereocenters. The SMILES string of the molecule is COC(=O)[C@H]1[C@@H]2[C@@H](O)[C@H](O)[C@@H](C[C@H]1c1ccc(C)cc1)N2C(=O)OC(C)(C)C. The van der Waals surface area contributed by atoms with Crippen molar-refractivity contribution in [2.75, 3.05) is 7.11 Å². The maximum absolute atomic E-state index is 12.8. The van der Waals surface area contributed by atoms with Gasteiger partial charge < -0.3 is 19.7 Å². The molecule has 0 aliphatic carbocycles. The van der Waals surface area contributed by atoms with Crippen LogP contribution in [0.3, 0.4) is 0 Å². The smallest absolute Gasteiger partial charge is 0.410 e. The summed E-state index contributed by atoms with van der Waals surface area (Å²) in [6, 6.07) is 6.25. The van der Waals surface area contributed by atoms with Gasteiger partial charge in [-0.3, -0.25) is 9.69 Å². The van der Waals surface area contributed by atoms with E-state index in [1.165, 1.54) is 12.0 Å². The number of benzene rings is 1. The van der Waals surface area contributed by atoms with Crippen molar-refractivity contribution in [3.63, 3.8) is 0 Å². The highest BCUT2D eigenvalue weighted by Crippen LogP contribution is 2.48. The van der Waals surface area contributed by atoms with Gasteiger partial charge in [-0.05, 0) is 39.7 Å². The zero-order chi connectivity index (χ0) is 20.8. The summed E-state index contributed by atoms with van der Waals surface area (Å²) in [5, 5.41) is 21.3. The number of nitrogens with zero attached hydrogens (tertiary/aromatic N) is 1. The normalized spacial score (nSPS) is 32.2. The Labute approximate surface area is 165 Å². The number of aryl methyl sites for hydroxylation is 1. The van der Waals surface area contributed by atoms with Crippen LogP contribution in [0.2, 0.25) is 0 Å². The quantitative estimate of drug-likeness (QED) is 0.749. The Morgan fingerprint density at radius 3 is 2.25 bits per heavy atom. The summed E-state index contributed by atoms with van der Waals surface area (Å²) in [5.74, 6) is -1.60. The lowest BCUT2D eigenvalue weighted by molar-refractivity contribution is -0.151. The van der Waals surface area contributed by atoms with E-state index < -0.39 is 47.9 Å². The van der Waals surface area contributed by atoms with E-state index in [4.69, 9.17) is 9.47 Å². The molecule has 7 heteroatoms. The molecule has 1 aromatic carbocycles. The number of carbonyl (C=O) groups excluding carboxylic acids is 2. The van der Waals surface area contributed by atoms with Crippen molar-refractivity contribution < 1.29 is 29.3 Å². The van der Waals surface area contributed by atoms with Crippen LogP contribution in [0.1, 0.15) is 44.2 Å². The molecule has 1 aromatic rings. The topological polar surface area (TPSA) is 96.3 Å². The van der Waals surface area contributed by atoms with E-state index in [-0.39, 0.29) is 5.92 Å². The van der Waals surface area contributed by atoms with E-state index in [2.05, 4.69) is 0 Å². The number of rotatable bonds is 2. The Kier molecular flexibility index (Phi) is 5.42. The highest BCUT2D eigenvalue weighted by molar-refractivity contribution is 5.78. The van der Waals surface area contributed by atoms with Gasteiger partial charge in [0.15, 0.2) is 0 Å². The van der Waals surface area contributed by atoms with Gasteiger partial charge in [0.2, 0.25) is 0 Å². The molecule has 2 heterocycles. The number of methoxy groups -OCH3 is 1. The fourth-order valence-corrected chi connectivity index (χ4v) is 4.43. The number of ether oxygens (including phenoxy) is 2. The second-order valence-electron chi connectivity index (χ2n) is 8.73. The van der Waals surface area contributed by atoms with E-state index in [1.54, 1.807) is 20.8 Å². The first-order chi connectivity index (χ1) is 13.0. The van der Waals surface area contributed by atoms with Crippen molar-refractivity contribution in [2.45, 2.75) is 69.9 Å². The molecule has 2 aliphatic heterocycles. The number of fused-ring (bicyclic) bond motifs is 2. The molecular weight excluding hydrogens is 362 g/mol. The zero-order valence-electron chi connectivity index (χ0n) is 17.0. The molecule has 28 heavy (non-hydrogen) atoms. The molecule has 0 radical (unpaired) electrons. The van der Waals surface area contributed by atoms with Gasteiger partial charge in [0.25, 0.3) is 0 Å². The molecule has 2 N–H and O–H groups in total. The zero-order valence-corrected chi connectivity index (χ0v) is 17.0. The molecule has 2 saturated heterocycles. The molecule has 0 aromatic heterocycles. The van der Waals surface area contributed by atoms with Gasteiger partial charge in [-0.2, -0.15) is 0 Å². The van der Waals surface area contributed by atoms with Crippen LogP contribution in [0.4, 0.5) is 4.79 Å². The Morgan fingerprint density at radius 1 is 1.11 bits per heavy atom. The number of hydrogen-bond acceptors (Lipinski definition) is 6. The average Bonchev–Trinajstić information content (AvgIpc) is 2.80. The molecule has 1 amide bonds. The third kappa shape index (κ3) is 3.61. The van der Waals surface area contributed by atoms with E-state index in [1.807, 2.05) is 31.2 Å². The summed E-state index contributed by atoms with van der Waals surface area (Å²) in [4.78, 5) is 26.9. The second-order valence-corrected chi connectivity index (χ2v) is 8.73. The van der Waals surface area contributed by atoms with Crippen molar-refractivity contribution in [1.29, 1.82) is 0 Å². The second kappa shape index (κ2) is 7.37.